The summed E-state index contributed by atoms with van der Waals surface area (Å²) in [6, 6.07) is 0. The Kier molecular flexibility index (Phi) is 10.1. The predicted octanol–water partition coefficient (Wildman–Crippen LogP) is 7.90. The lowest BCUT2D eigenvalue weighted by Gasteiger charge is -2.42. The molecule has 0 spiro atoms. The van der Waals surface area contributed by atoms with Gasteiger partial charge < -0.3 is 4.74 Å². The smallest absolute Gasteiger partial charge is 0.319 e. The Morgan fingerprint density at radius 1 is 0.812 bits per heavy atom. The highest BCUT2D eigenvalue weighted by atomic mass is 16.5. The van der Waals surface area contributed by atoms with Gasteiger partial charge in [0, 0.05) is 6.42 Å². The average molecular weight is 447 g/mol. The third-order valence-electron chi connectivity index (χ3n) is 9.50. The third-order valence-corrected chi connectivity index (χ3v) is 9.50. The van der Waals surface area contributed by atoms with E-state index < -0.39 is 5.41 Å². The van der Waals surface area contributed by atoms with Crippen molar-refractivity contribution in [1.82, 2.24) is 0 Å². The van der Waals surface area contributed by atoms with Crippen molar-refractivity contribution in [3.8, 4) is 0 Å². The molecule has 0 bridgehead atoms. The molecule has 0 radical (unpaired) electrons. The molecule has 0 aliphatic heterocycles. The normalized spacial score (nSPS) is 36.1. The van der Waals surface area contributed by atoms with Crippen LogP contribution in [0.25, 0.3) is 0 Å². The molecule has 3 fully saturated rings. The maximum atomic E-state index is 13.0. The van der Waals surface area contributed by atoms with Crippen LogP contribution < -0.4 is 0 Å². The Balaban J connectivity index is 1.39. The first-order valence-electron chi connectivity index (χ1n) is 14.2. The Morgan fingerprint density at radius 3 is 1.97 bits per heavy atom. The Morgan fingerprint density at radius 2 is 1.41 bits per heavy atom. The van der Waals surface area contributed by atoms with E-state index >= 15 is 0 Å². The van der Waals surface area contributed by atoms with Crippen LogP contribution in [0, 0.1) is 35.0 Å². The summed E-state index contributed by atoms with van der Waals surface area (Å²) in [6.07, 6.45) is 20.6. The van der Waals surface area contributed by atoms with Crippen molar-refractivity contribution in [2.45, 2.75) is 130 Å². The number of hydrogen-bond donors (Lipinski definition) is 0. The van der Waals surface area contributed by atoms with E-state index in [1.807, 2.05) is 6.92 Å². The first-order chi connectivity index (χ1) is 15.5. The SMILES string of the molecule is CCCCCCOC(=O)[C@@]1(C)CC[C@@H](C2CCC([C@H]3CC[C@H](CCC)CC3)CC2)CC1=O. The van der Waals surface area contributed by atoms with Gasteiger partial charge in [0.2, 0.25) is 0 Å². The number of carbonyl (C=O) groups excluding carboxylic acids is 2. The predicted molar refractivity (Wildman–Crippen MR) is 131 cm³/mol. The molecule has 3 aliphatic rings. The van der Waals surface area contributed by atoms with E-state index in [9.17, 15) is 9.59 Å². The first kappa shape index (κ1) is 25.8. The summed E-state index contributed by atoms with van der Waals surface area (Å²) in [5.74, 6) is 3.96. The lowest BCUT2D eigenvalue weighted by Crippen LogP contribution is -2.44. The number of esters is 1. The van der Waals surface area contributed by atoms with Crippen LogP contribution in [-0.4, -0.2) is 18.4 Å². The van der Waals surface area contributed by atoms with Gasteiger partial charge in [-0.1, -0.05) is 58.8 Å². The summed E-state index contributed by atoms with van der Waals surface area (Å²) in [4.78, 5) is 25.7. The van der Waals surface area contributed by atoms with E-state index in [1.165, 1.54) is 77.0 Å². The summed E-state index contributed by atoms with van der Waals surface area (Å²) < 4.78 is 5.53. The molecule has 0 N–H and O–H groups in total. The van der Waals surface area contributed by atoms with Crippen LogP contribution in [0.15, 0.2) is 0 Å². The van der Waals surface area contributed by atoms with Crippen molar-refractivity contribution in [1.29, 1.82) is 0 Å². The summed E-state index contributed by atoms with van der Waals surface area (Å²) in [5.41, 5.74) is -0.893. The maximum absolute atomic E-state index is 13.0. The number of unbranched alkanes of at least 4 members (excludes halogenated alkanes) is 3. The minimum atomic E-state index is -0.893. The minimum absolute atomic E-state index is 0.142. The van der Waals surface area contributed by atoms with E-state index in [0.29, 0.717) is 31.3 Å². The molecule has 2 atom stereocenters. The standard InChI is InChI=1S/C29H50O3/c1-4-6-7-8-20-32-28(31)29(3)19-18-26(21-27(29)30)25-16-14-24(15-17-25)23-12-10-22(9-5-2)11-13-23/h22-26H,4-21H2,1-3H3/t22-,23-,24?,25?,26-,29+/m1/s1. The van der Waals surface area contributed by atoms with Crippen molar-refractivity contribution >= 4 is 11.8 Å². The number of hydrogen-bond acceptors (Lipinski definition) is 3. The summed E-state index contributed by atoms with van der Waals surface area (Å²) in [7, 11) is 0. The van der Waals surface area contributed by atoms with Crippen molar-refractivity contribution in [2.75, 3.05) is 6.61 Å². The van der Waals surface area contributed by atoms with Crippen LogP contribution in [0.1, 0.15) is 130 Å². The Bertz CT molecular complexity index is 583. The molecule has 0 aromatic carbocycles. The molecule has 3 aliphatic carbocycles. The van der Waals surface area contributed by atoms with Crippen LogP contribution in [0.3, 0.4) is 0 Å². The molecule has 0 unspecified atom stereocenters. The molecule has 0 aromatic heterocycles. The highest BCUT2D eigenvalue weighted by molar-refractivity contribution is 6.04. The molecular weight excluding hydrogens is 396 g/mol. The number of carbonyl (C=O) groups is 2. The van der Waals surface area contributed by atoms with Gasteiger partial charge in [-0.2, -0.15) is 0 Å². The molecule has 3 saturated carbocycles. The number of ether oxygens (including phenoxy) is 1. The zero-order valence-electron chi connectivity index (χ0n) is 21.3. The van der Waals surface area contributed by atoms with E-state index in [1.54, 1.807) is 0 Å². The fourth-order valence-electron chi connectivity index (χ4n) is 7.09. The van der Waals surface area contributed by atoms with Gasteiger partial charge >= 0.3 is 5.97 Å². The molecule has 0 saturated heterocycles. The zero-order chi connectivity index (χ0) is 23.0. The van der Waals surface area contributed by atoms with Gasteiger partial charge in [0.15, 0.2) is 0 Å². The molecule has 3 heteroatoms. The van der Waals surface area contributed by atoms with Crippen LogP contribution in [0.2, 0.25) is 0 Å². The van der Waals surface area contributed by atoms with Crippen LogP contribution in [0.5, 0.6) is 0 Å². The fraction of sp³-hybridized carbons (Fsp3) is 0.931. The number of ketones is 1. The maximum Gasteiger partial charge on any atom is 0.319 e. The van der Waals surface area contributed by atoms with Crippen molar-refractivity contribution < 1.29 is 14.3 Å². The highest BCUT2D eigenvalue weighted by Gasteiger charge is 2.47. The Labute approximate surface area is 197 Å². The molecule has 3 nitrogen and oxygen atoms in total. The minimum Gasteiger partial charge on any atom is -0.465 e. The molecular formula is C29H50O3. The summed E-state index contributed by atoms with van der Waals surface area (Å²) >= 11 is 0. The lowest BCUT2D eigenvalue weighted by atomic mass is 9.62. The quantitative estimate of drug-likeness (QED) is 0.194. The van der Waals surface area contributed by atoms with Gasteiger partial charge in [-0.25, -0.2) is 0 Å². The zero-order valence-corrected chi connectivity index (χ0v) is 21.3. The van der Waals surface area contributed by atoms with Gasteiger partial charge in [0.25, 0.3) is 0 Å². The monoisotopic (exact) mass is 446 g/mol. The molecule has 184 valence electrons. The Hall–Kier alpha value is -0.860. The van der Waals surface area contributed by atoms with Crippen molar-refractivity contribution in [3.63, 3.8) is 0 Å². The number of Topliss-reactive ketones (excluding diaryl/α,β-unsaturated/α-hetero) is 1. The topological polar surface area (TPSA) is 43.4 Å². The average Bonchev–Trinajstić information content (AvgIpc) is 2.81. The van der Waals surface area contributed by atoms with Gasteiger partial charge in [-0.3, -0.25) is 9.59 Å². The third kappa shape index (κ3) is 6.60. The molecule has 0 heterocycles. The van der Waals surface area contributed by atoms with E-state index in [0.717, 1.165) is 37.0 Å². The largest absolute Gasteiger partial charge is 0.465 e. The van der Waals surface area contributed by atoms with E-state index in [2.05, 4.69) is 13.8 Å². The van der Waals surface area contributed by atoms with Gasteiger partial charge in [0.05, 0.1) is 6.61 Å². The first-order valence-corrected chi connectivity index (χ1v) is 14.2. The molecule has 0 amide bonds. The van der Waals surface area contributed by atoms with Gasteiger partial charge in [0.1, 0.15) is 11.2 Å². The second-order valence-electron chi connectivity index (χ2n) is 11.7. The van der Waals surface area contributed by atoms with Gasteiger partial charge in [-0.05, 0) is 94.3 Å². The van der Waals surface area contributed by atoms with Gasteiger partial charge in [-0.15, -0.1) is 0 Å². The molecule has 3 rings (SSSR count). The second-order valence-corrected chi connectivity index (χ2v) is 11.7. The lowest BCUT2D eigenvalue weighted by molar-refractivity contribution is -0.162. The van der Waals surface area contributed by atoms with E-state index in [-0.39, 0.29) is 11.8 Å². The highest BCUT2D eigenvalue weighted by Crippen LogP contribution is 2.47. The fourth-order valence-corrected chi connectivity index (χ4v) is 7.09. The van der Waals surface area contributed by atoms with Crippen molar-refractivity contribution in [2.24, 2.45) is 35.0 Å². The van der Waals surface area contributed by atoms with Crippen LogP contribution >= 0.6 is 0 Å². The van der Waals surface area contributed by atoms with Crippen molar-refractivity contribution in [3.05, 3.63) is 0 Å². The molecule has 0 aromatic rings. The number of rotatable bonds is 10. The van der Waals surface area contributed by atoms with Crippen LogP contribution in [-0.2, 0) is 14.3 Å². The molecule has 32 heavy (non-hydrogen) atoms. The summed E-state index contributed by atoms with van der Waals surface area (Å²) in [6.45, 7) is 6.81. The van der Waals surface area contributed by atoms with E-state index in [4.69, 9.17) is 4.74 Å². The summed E-state index contributed by atoms with van der Waals surface area (Å²) in [5, 5.41) is 0. The van der Waals surface area contributed by atoms with Crippen LogP contribution in [0.4, 0.5) is 0 Å². The second kappa shape index (κ2) is 12.6.